The van der Waals surface area contributed by atoms with Gasteiger partial charge in [0.25, 0.3) is 4.98 Å². The number of hydrazine groups is 2. The van der Waals surface area contributed by atoms with Crippen LogP contribution < -0.4 is 5.43 Å². The topological polar surface area (TPSA) is 44.6 Å². The molecule has 3 rings (SSSR count). The predicted octanol–water partition coefficient (Wildman–Crippen LogP) is 1.94. The van der Waals surface area contributed by atoms with E-state index in [0.717, 1.165) is 23.4 Å². The normalized spacial score (nSPS) is 26.9. The molecule has 2 fully saturated rings. The average Bonchev–Trinajstić information content (AvgIpc) is 2.73. The van der Waals surface area contributed by atoms with E-state index in [9.17, 15) is 4.91 Å². The molecule has 1 N–H and O–H groups in total. The Bertz CT molecular complexity index is 424. The van der Waals surface area contributed by atoms with Crippen LogP contribution in [-0.2, 0) is 11.4 Å². The second-order valence-corrected chi connectivity index (χ2v) is 4.92. The molecule has 1 aliphatic heterocycles. The van der Waals surface area contributed by atoms with Crippen molar-refractivity contribution >= 4 is 0 Å². The number of hydrogen-bond acceptors (Lipinski definition) is 2. The van der Waals surface area contributed by atoms with Gasteiger partial charge in [-0.15, -0.1) is 5.43 Å². The van der Waals surface area contributed by atoms with Gasteiger partial charge in [0.2, 0.25) is 0 Å². The Kier molecular flexibility index (Phi) is 3.15. The van der Waals surface area contributed by atoms with E-state index < -0.39 is 0 Å². The van der Waals surface area contributed by atoms with Crippen molar-refractivity contribution in [2.45, 2.75) is 44.4 Å². The van der Waals surface area contributed by atoms with Crippen molar-refractivity contribution in [3.63, 3.8) is 0 Å². The number of rotatable bonds is 3. The molecule has 5 nitrogen and oxygen atoms in total. The van der Waals surface area contributed by atoms with Crippen LogP contribution in [0.2, 0.25) is 0 Å². The van der Waals surface area contributed by atoms with E-state index in [1.165, 1.54) is 18.0 Å². The van der Waals surface area contributed by atoms with E-state index in [0.29, 0.717) is 6.61 Å². The number of nitrogens with one attached hydrogen (secondary N) is 1. The summed E-state index contributed by atoms with van der Waals surface area (Å²) >= 11 is 0. The Balaban J connectivity index is 1.63. The summed E-state index contributed by atoms with van der Waals surface area (Å²) in [6.07, 6.45) is 4.43. The number of nitroso groups, excluding NO2 is 1. The highest BCUT2D eigenvalue weighted by Gasteiger charge is 2.49. The molecule has 1 heterocycles. The van der Waals surface area contributed by atoms with E-state index in [1.807, 2.05) is 30.3 Å². The van der Waals surface area contributed by atoms with Crippen LogP contribution in [0.4, 0.5) is 0 Å². The summed E-state index contributed by atoms with van der Waals surface area (Å²) in [6.45, 7) is 0.435. The van der Waals surface area contributed by atoms with Gasteiger partial charge in [-0.1, -0.05) is 43.2 Å². The van der Waals surface area contributed by atoms with Crippen molar-refractivity contribution in [1.82, 2.24) is 10.6 Å². The van der Waals surface area contributed by atoms with Crippen molar-refractivity contribution in [2.24, 2.45) is 0 Å². The summed E-state index contributed by atoms with van der Waals surface area (Å²) in [7, 11) is 0. The van der Waals surface area contributed by atoms with Crippen molar-refractivity contribution in [1.29, 1.82) is 0 Å². The number of hydrogen-bond donors (Lipinski definition) is 1. The Hall–Kier alpha value is -1.62. The number of fused-ring (bicyclic) bond motifs is 1. The molecule has 2 atom stereocenters. The Morgan fingerprint density at radius 2 is 2.06 bits per heavy atom. The SMILES string of the molecule is O=[N+]1N[C@H]2CCCC[C@@H]2N1OCc1ccccc1. The van der Waals surface area contributed by atoms with E-state index in [4.69, 9.17) is 4.84 Å². The zero-order valence-electron chi connectivity index (χ0n) is 10.3. The third kappa shape index (κ3) is 2.18. The van der Waals surface area contributed by atoms with Gasteiger partial charge in [0.05, 0.1) is 4.91 Å². The lowest BCUT2D eigenvalue weighted by molar-refractivity contribution is -0.799. The zero-order chi connectivity index (χ0) is 12.4. The number of benzene rings is 1. The van der Waals surface area contributed by atoms with Gasteiger partial charge in [-0.3, -0.25) is 0 Å². The minimum absolute atomic E-state index is 0.181. The summed E-state index contributed by atoms with van der Waals surface area (Å²) in [6, 6.07) is 10.3. The molecule has 0 radical (unpaired) electrons. The van der Waals surface area contributed by atoms with Crippen LogP contribution in [-0.4, -0.2) is 22.2 Å². The van der Waals surface area contributed by atoms with Crippen molar-refractivity contribution in [3.05, 3.63) is 40.8 Å². The molecule has 0 unspecified atom stereocenters. The molecule has 1 saturated carbocycles. The molecule has 96 valence electrons. The van der Waals surface area contributed by atoms with E-state index in [-0.39, 0.29) is 12.1 Å². The first kappa shape index (κ1) is 11.5. The maximum Gasteiger partial charge on any atom is 0.275 e. The minimum atomic E-state index is 0.181. The van der Waals surface area contributed by atoms with Crippen LogP contribution in [0, 0.1) is 4.91 Å². The highest BCUT2D eigenvalue weighted by atomic mass is 16.8. The van der Waals surface area contributed by atoms with Gasteiger partial charge < -0.3 is 0 Å². The molecule has 1 aromatic carbocycles. The summed E-state index contributed by atoms with van der Waals surface area (Å²) in [4.78, 5) is 18.2. The van der Waals surface area contributed by atoms with E-state index in [2.05, 4.69) is 5.43 Å². The minimum Gasteiger partial charge on any atom is -0.215 e. The molecular weight excluding hydrogens is 230 g/mol. The zero-order valence-corrected chi connectivity index (χ0v) is 10.3. The summed E-state index contributed by atoms with van der Waals surface area (Å²) in [5.74, 6) is 0. The average molecular weight is 248 g/mol. The van der Waals surface area contributed by atoms with Crippen LogP contribution in [0.1, 0.15) is 31.2 Å². The van der Waals surface area contributed by atoms with Crippen LogP contribution in [0.5, 0.6) is 0 Å². The third-order valence-corrected chi connectivity index (χ3v) is 3.67. The molecular formula is C13H18N3O2+. The molecule has 1 aromatic rings. The first-order valence-corrected chi connectivity index (χ1v) is 6.54. The van der Waals surface area contributed by atoms with Gasteiger partial charge in [-0.2, -0.15) is 0 Å². The fraction of sp³-hybridized carbons (Fsp3) is 0.538. The molecule has 0 spiro atoms. The van der Waals surface area contributed by atoms with Crippen molar-refractivity contribution < 1.29 is 9.82 Å². The molecule has 2 aliphatic rings. The fourth-order valence-electron chi connectivity index (χ4n) is 2.72. The second-order valence-electron chi connectivity index (χ2n) is 4.92. The molecule has 1 aliphatic carbocycles. The van der Waals surface area contributed by atoms with Gasteiger partial charge in [-0.05, 0) is 18.4 Å². The Morgan fingerprint density at radius 1 is 1.28 bits per heavy atom. The van der Waals surface area contributed by atoms with Gasteiger partial charge in [-0.25, -0.2) is 4.84 Å². The summed E-state index contributed by atoms with van der Waals surface area (Å²) in [5.41, 5.74) is 4.00. The smallest absolute Gasteiger partial charge is 0.215 e. The highest BCUT2D eigenvalue weighted by molar-refractivity contribution is 5.13. The molecule has 0 bridgehead atoms. The van der Waals surface area contributed by atoms with E-state index in [1.54, 1.807) is 0 Å². The van der Waals surface area contributed by atoms with Crippen molar-refractivity contribution in [2.75, 3.05) is 0 Å². The molecule has 0 amide bonds. The first-order valence-electron chi connectivity index (χ1n) is 6.54. The van der Waals surface area contributed by atoms with Crippen LogP contribution in [0.15, 0.2) is 30.3 Å². The molecule has 5 heteroatoms. The standard InChI is InChI=1S/C13H18N3O2/c17-16-14-12-8-4-5-9-13(12)15(16)18-10-11-6-2-1-3-7-11/h1-3,6-7,12-13H,4-5,8-10H2,(H,14,17)/q+1/t12-,13-/m0/s1. The Labute approximate surface area is 106 Å². The number of nitrogens with zero attached hydrogens (tertiary/aromatic N) is 2. The lowest BCUT2D eigenvalue weighted by atomic mass is 9.92. The van der Waals surface area contributed by atoms with Crippen LogP contribution in [0.3, 0.4) is 0 Å². The maximum absolute atomic E-state index is 11.8. The third-order valence-electron chi connectivity index (χ3n) is 3.67. The van der Waals surface area contributed by atoms with E-state index >= 15 is 0 Å². The van der Waals surface area contributed by atoms with Crippen molar-refractivity contribution in [3.8, 4) is 0 Å². The van der Waals surface area contributed by atoms with Gasteiger partial charge >= 0.3 is 0 Å². The fourth-order valence-corrected chi connectivity index (χ4v) is 2.72. The van der Waals surface area contributed by atoms with Gasteiger partial charge in [0.15, 0.2) is 0 Å². The summed E-state index contributed by atoms with van der Waals surface area (Å²) < 4.78 is 0. The van der Waals surface area contributed by atoms with Crippen LogP contribution in [0.25, 0.3) is 0 Å². The molecule has 0 aromatic heterocycles. The van der Waals surface area contributed by atoms with Crippen LogP contribution >= 0.6 is 0 Å². The number of hydroxylamine groups is 1. The first-order chi connectivity index (χ1) is 8.84. The largest absolute Gasteiger partial charge is 0.275 e. The Morgan fingerprint density at radius 3 is 2.89 bits per heavy atom. The highest BCUT2D eigenvalue weighted by Crippen LogP contribution is 2.27. The summed E-state index contributed by atoms with van der Waals surface area (Å²) in [5, 5.41) is 1.47. The van der Waals surface area contributed by atoms with Gasteiger partial charge in [0, 0.05) is 5.17 Å². The lowest BCUT2D eigenvalue weighted by Crippen LogP contribution is -2.39. The monoisotopic (exact) mass is 248 g/mol. The quantitative estimate of drug-likeness (QED) is 0.830. The lowest BCUT2D eigenvalue weighted by Gasteiger charge is -2.21. The predicted molar refractivity (Wildman–Crippen MR) is 65.9 cm³/mol. The molecule has 1 saturated heterocycles. The second kappa shape index (κ2) is 4.94. The molecule has 18 heavy (non-hydrogen) atoms. The maximum atomic E-state index is 11.8. The van der Waals surface area contributed by atoms with Gasteiger partial charge in [0.1, 0.15) is 18.7 Å².